The van der Waals surface area contributed by atoms with Gasteiger partial charge in [0.1, 0.15) is 11.2 Å². The van der Waals surface area contributed by atoms with Crippen LogP contribution < -0.4 is 4.74 Å². The van der Waals surface area contributed by atoms with Crippen molar-refractivity contribution in [2.24, 2.45) is 0 Å². The summed E-state index contributed by atoms with van der Waals surface area (Å²) in [5.41, 5.74) is 10.9. The molecule has 1 aliphatic rings. The van der Waals surface area contributed by atoms with E-state index in [0.717, 1.165) is 61.5 Å². The van der Waals surface area contributed by atoms with Crippen molar-refractivity contribution in [2.45, 2.75) is 0 Å². The van der Waals surface area contributed by atoms with Crippen molar-refractivity contribution >= 4 is 65.6 Å². The molecule has 0 aliphatic carbocycles. The van der Waals surface area contributed by atoms with Gasteiger partial charge in [-0.05, 0) is 71.8 Å². The van der Waals surface area contributed by atoms with Crippen molar-refractivity contribution in [1.82, 2.24) is 9.13 Å². The number of fused-ring (bicyclic) bond motifs is 12. The van der Waals surface area contributed by atoms with E-state index in [2.05, 4.69) is 143 Å². The van der Waals surface area contributed by atoms with Gasteiger partial charge in [0.25, 0.3) is 0 Å². The van der Waals surface area contributed by atoms with E-state index in [4.69, 9.17) is 9.15 Å². The zero-order chi connectivity index (χ0) is 29.9. The van der Waals surface area contributed by atoms with Gasteiger partial charge in [-0.2, -0.15) is 0 Å². The third-order valence-corrected chi connectivity index (χ3v) is 9.71. The second-order valence-corrected chi connectivity index (χ2v) is 12.1. The zero-order valence-electron chi connectivity index (χ0n) is 24.6. The minimum atomic E-state index is 0.864. The molecule has 4 nitrogen and oxygen atoms in total. The number of aromatic nitrogens is 2. The third-order valence-electron chi connectivity index (χ3n) is 9.71. The van der Waals surface area contributed by atoms with Gasteiger partial charge in [-0.3, -0.25) is 0 Å². The van der Waals surface area contributed by atoms with Crippen molar-refractivity contribution in [1.29, 1.82) is 0 Å². The average molecular weight is 589 g/mol. The molecule has 4 heteroatoms. The maximum absolute atomic E-state index is 6.45. The van der Waals surface area contributed by atoms with E-state index < -0.39 is 0 Å². The molecular weight excluding hydrogens is 564 g/mol. The Hall–Kier alpha value is -6.26. The van der Waals surface area contributed by atoms with E-state index in [0.29, 0.717) is 0 Å². The van der Waals surface area contributed by atoms with Crippen LogP contribution in [0.4, 0.5) is 0 Å². The van der Waals surface area contributed by atoms with Crippen molar-refractivity contribution in [3.8, 4) is 34.0 Å². The number of benzene rings is 7. The number of hydrogen-bond acceptors (Lipinski definition) is 2. The molecular formula is C42H24N2O2. The lowest BCUT2D eigenvalue weighted by molar-refractivity contribution is 0.476. The smallest absolute Gasteiger partial charge is 0.152 e. The molecule has 4 heterocycles. The number of hydrogen-bond donors (Lipinski definition) is 0. The lowest BCUT2D eigenvalue weighted by Crippen LogP contribution is -2.04. The molecule has 0 amide bonds. The van der Waals surface area contributed by atoms with Gasteiger partial charge in [-0.1, -0.05) is 84.9 Å². The Labute approximate surface area is 262 Å². The molecule has 0 saturated heterocycles. The summed E-state index contributed by atoms with van der Waals surface area (Å²) in [6.45, 7) is 0. The Morgan fingerprint density at radius 2 is 1.09 bits per heavy atom. The standard InChI is InChI=1S/C42H24N2O2/c1-4-12-33-29(9-1)31-21-23-38-40(32-10-3-6-14-36(32)45-38)42(31)43(33)27-19-16-25(17-20-27)26-18-22-37-35(24-26)44-34-13-5-2-8-28(34)30-11-7-15-39(46-37)41(30)44/h1-24H. The van der Waals surface area contributed by atoms with Gasteiger partial charge in [-0.15, -0.1) is 0 Å². The molecule has 0 spiro atoms. The van der Waals surface area contributed by atoms with Gasteiger partial charge in [0.05, 0.1) is 33.1 Å². The third kappa shape index (κ3) is 3.07. The second kappa shape index (κ2) is 8.68. The lowest BCUT2D eigenvalue weighted by atomic mass is 10.0. The van der Waals surface area contributed by atoms with Crippen LogP contribution >= 0.6 is 0 Å². The number of rotatable bonds is 2. The second-order valence-electron chi connectivity index (χ2n) is 12.1. The Balaban J connectivity index is 1.10. The molecule has 3 aromatic heterocycles. The van der Waals surface area contributed by atoms with Crippen LogP contribution in [0.3, 0.4) is 0 Å². The number of furan rings is 1. The molecule has 0 N–H and O–H groups in total. The van der Waals surface area contributed by atoms with Crippen LogP contribution in [0.15, 0.2) is 150 Å². The fourth-order valence-corrected chi connectivity index (χ4v) is 7.73. The fourth-order valence-electron chi connectivity index (χ4n) is 7.73. The van der Waals surface area contributed by atoms with Crippen LogP contribution in [0.2, 0.25) is 0 Å². The number of para-hydroxylation sites is 4. The summed E-state index contributed by atoms with van der Waals surface area (Å²) >= 11 is 0. The monoisotopic (exact) mass is 588 g/mol. The molecule has 0 radical (unpaired) electrons. The van der Waals surface area contributed by atoms with E-state index in [9.17, 15) is 0 Å². The number of ether oxygens (including phenoxy) is 1. The van der Waals surface area contributed by atoms with E-state index in [1.807, 2.05) is 12.1 Å². The minimum Gasteiger partial charge on any atom is -0.456 e. The van der Waals surface area contributed by atoms with E-state index >= 15 is 0 Å². The average Bonchev–Trinajstić information content (AvgIpc) is 3.77. The summed E-state index contributed by atoms with van der Waals surface area (Å²) in [5, 5.41) is 7.17. The van der Waals surface area contributed by atoms with Crippen molar-refractivity contribution < 1.29 is 9.15 Å². The first kappa shape index (κ1) is 24.1. The normalized spacial score (nSPS) is 12.5. The molecule has 0 saturated carbocycles. The van der Waals surface area contributed by atoms with Crippen LogP contribution in [0.5, 0.6) is 11.5 Å². The molecule has 11 rings (SSSR count). The maximum atomic E-state index is 6.45. The predicted octanol–water partition coefficient (Wildman–Crippen LogP) is 11.6. The quantitative estimate of drug-likeness (QED) is 0.201. The summed E-state index contributed by atoms with van der Waals surface area (Å²) in [4.78, 5) is 0. The molecule has 1 aliphatic heterocycles. The molecule has 0 atom stereocenters. The molecule has 0 unspecified atom stereocenters. The predicted molar refractivity (Wildman–Crippen MR) is 188 cm³/mol. The first-order valence-electron chi connectivity index (χ1n) is 15.6. The van der Waals surface area contributed by atoms with Crippen LogP contribution in [0.25, 0.3) is 88.1 Å². The van der Waals surface area contributed by atoms with Crippen molar-refractivity contribution in [2.75, 3.05) is 0 Å². The van der Waals surface area contributed by atoms with E-state index in [1.165, 1.54) is 38.1 Å². The Bertz CT molecular complexity index is 2880. The van der Waals surface area contributed by atoms with Gasteiger partial charge >= 0.3 is 0 Å². The summed E-state index contributed by atoms with van der Waals surface area (Å²) < 4.78 is 17.5. The van der Waals surface area contributed by atoms with E-state index in [1.54, 1.807) is 0 Å². The van der Waals surface area contributed by atoms with Crippen LogP contribution in [-0.4, -0.2) is 9.13 Å². The highest BCUT2D eigenvalue weighted by atomic mass is 16.5. The van der Waals surface area contributed by atoms with Crippen molar-refractivity contribution in [3.63, 3.8) is 0 Å². The molecule has 7 aromatic carbocycles. The Morgan fingerprint density at radius 1 is 0.413 bits per heavy atom. The summed E-state index contributed by atoms with van der Waals surface area (Å²) in [7, 11) is 0. The maximum Gasteiger partial charge on any atom is 0.152 e. The Morgan fingerprint density at radius 3 is 1.91 bits per heavy atom. The largest absolute Gasteiger partial charge is 0.456 e. The molecule has 10 aromatic rings. The first-order valence-corrected chi connectivity index (χ1v) is 15.6. The molecule has 214 valence electrons. The zero-order valence-corrected chi connectivity index (χ0v) is 24.6. The first-order chi connectivity index (χ1) is 22.8. The minimum absolute atomic E-state index is 0.864. The van der Waals surface area contributed by atoms with Gasteiger partial charge < -0.3 is 18.3 Å². The Kier molecular flexibility index (Phi) is 4.55. The van der Waals surface area contributed by atoms with Gasteiger partial charge in [-0.25, -0.2) is 0 Å². The van der Waals surface area contributed by atoms with E-state index in [-0.39, 0.29) is 0 Å². The lowest BCUT2D eigenvalue weighted by Gasteiger charge is -2.21. The van der Waals surface area contributed by atoms with Gasteiger partial charge in [0, 0.05) is 32.6 Å². The highest BCUT2D eigenvalue weighted by Gasteiger charge is 2.24. The topological polar surface area (TPSA) is 32.2 Å². The van der Waals surface area contributed by atoms with Crippen LogP contribution in [0.1, 0.15) is 0 Å². The summed E-state index contributed by atoms with van der Waals surface area (Å²) in [6, 6.07) is 51.6. The fraction of sp³-hybridized carbons (Fsp3) is 0. The molecule has 46 heavy (non-hydrogen) atoms. The molecule has 0 bridgehead atoms. The molecule has 0 fully saturated rings. The van der Waals surface area contributed by atoms with Crippen molar-refractivity contribution in [3.05, 3.63) is 146 Å². The summed E-state index contributed by atoms with van der Waals surface area (Å²) in [6.07, 6.45) is 0. The highest BCUT2D eigenvalue weighted by Crippen LogP contribution is 2.46. The van der Waals surface area contributed by atoms with Crippen LogP contribution in [-0.2, 0) is 0 Å². The highest BCUT2D eigenvalue weighted by molar-refractivity contribution is 6.24. The van der Waals surface area contributed by atoms with Gasteiger partial charge in [0.15, 0.2) is 11.5 Å². The number of nitrogens with zero attached hydrogens (tertiary/aromatic N) is 2. The van der Waals surface area contributed by atoms with Gasteiger partial charge in [0.2, 0.25) is 0 Å². The summed E-state index contributed by atoms with van der Waals surface area (Å²) in [5.74, 6) is 1.76. The van der Waals surface area contributed by atoms with Crippen LogP contribution in [0, 0.1) is 0 Å². The SMILES string of the molecule is c1ccc2c(c1)oc1ccc3c4ccccc4n(-c4ccc(-c5ccc6c(c5)-n5c7ccccc7c7cccc(c75)O6)cc4)c3c12.